The molecule has 68 valence electrons. The van der Waals surface area contributed by atoms with Crippen LogP contribution in [0.4, 0.5) is 0 Å². The van der Waals surface area contributed by atoms with Crippen LogP contribution in [0.2, 0.25) is 0 Å². The van der Waals surface area contributed by atoms with Crippen molar-refractivity contribution in [2.24, 2.45) is 0 Å². The Morgan fingerprint density at radius 3 is 3.08 bits per heavy atom. The highest BCUT2D eigenvalue weighted by atomic mass is 32.1. The maximum Gasteiger partial charge on any atom is 0.108 e. The molecule has 0 aromatic carbocycles. The van der Waals surface area contributed by atoms with Gasteiger partial charge in [0.15, 0.2) is 0 Å². The van der Waals surface area contributed by atoms with Gasteiger partial charge >= 0.3 is 0 Å². The fourth-order valence-electron chi connectivity index (χ4n) is 0.972. The Labute approximate surface area is 78.8 Å². The minimum absolute atomic E-state index is 0.0668. The Balaban J connectivity index is 2.10. The summed E-state index contributed by atoms with van der Waals surface area (Å²) in [6.07, 6.45) is 3.48. The molecule has 0 aliphatic rings. The number of aromatic nitrogens is 4. The minimum Gasteiger partial charge on any atom is -0.390 e. The van der Waals surface area contributed by atoms with Gasteiger partial charge in [-0.15, -0.1) is 5.10 Å². The van der Waals surface area contributed by atoms with Gasteiger partial charge in [-0.05, 0) is 17.6 Å². The molecule has 6 heteroatoms. The van der Waals surface area contributed by atoms with E-state index in [4.69, 9.17) is 5.11 Å². The van der Waals surface area contributed by atoms with Crippen LogP contribution in [0.3, 0.4) is 0 Å². The van der Waals surface area contributed by atoms with Crippen molar-refractivity contribution >= 4 is 11.5 Å². The summed E-state index contributed by atoms with van der Waals surface area (Å²) in [7, 11) is 0. The SMILES string of the molecule is OCc1cn(Cc2ccns2)nn1. The zero-order valence-electron chi connectivity index (χ0n) is 6.79. The van der Waals surface area contributed by atoms with E-state index < -0.39 is 0 Å². The maximum atomic E-state index is 8.75. The van der Waals surface area contributed by atoms with Crippen molar-refractivity contribution in [1.82, 2.24) is 19.4 Å². The molecule has 0 radical (unpaired) electrons. The van der Waals surface area contributed by atoms with Crippen molar-refractivity contribution in [3.63, 3.8) is 0 Å². The van der Waals surface area contributed by atoms with Crippen LogP contribution >= 0.6 is 11.5 Å². The molecule has 0 bridgehead atoms. The first-order valence-electron chi connectivity index (χ1n) is 3.78. The molecule has 0 aliphatic carbocycles. The topological polar surface area (TPSA) is 63.8 Å². The summed E-state index contributed by atoms with van der Waals surface area (Å²) in [5, 5.41) is 16.4. The number of hydrogen-bond acceptors (Lipinski definition) is 5. The normalized spacial score (nSPS) is 10.5. The summed E-state index contributed by atoms with van der Waals surface area (Å²) in [5.41, 5.74) is 0.588. The van der Waals surface area contributed by atoms with Crippen molar-refractivity contribution in [3.05, 3.63) is 29.0 Å². The number of nitrogens with zero attached hydrogens (tertiary/aromatic N) is 4. The molecular weight excluding hydrogens is 188 g/mol. The first-order chi connectivity index (χ1) is 6.38. The third kappa shape index (κ3) is 1.90. The van der Waals surface area contributed by atoms with Crippen LogP contribution in [0.15, 0.2) is 18.5 Å². The average Bonchev–Trinajstić information content (AvgIpc) is 2.76. The number of aliphatic hydroxyl groups is 1. The van der Waals surface area contributed by atoms with Crippen LogP contribution in [-0.4, -0.2) is 24.5 Å². The molecule has 2 aromatic rings. The molecular formula is C7H8N4OS. The fraction of sp³-hybridized carbons (Fsp3) is 0.286. The van der Waals surface area contributed by atoms with E-state index in [0.717, 1.165) is 4.88 Å². The molecule has 0 aliphatic heterocycles. The smallest absolute Gasteiger partial charge is 0.108 e. The predicted molar refractivity (Wildman–Crippen MR) is 47.2 cm³/mol. The Hall–Kier alpha value is -1.27. The van der Waals surface area contributed by atoms with Gasteiger partial charge in [0.05, 0.1) is 19.3 Å². The second-order valence-electron chi connectivity index (χ2n) is 2.54. The van der Waals surface area contributed by atoms with E-state index in [1.807, 2.05) is 6.07 Å². The summed E-state index contributed by atoms with van der Waals surface area (Å²) in [6, 6.07) is 1.94. The number of rotatable bonds is 3. The molecule has 5 nitrogen and oxygen atoms in total. The highest BCUT2D eigenvalue weighted by Crippen LogP contribution is 2.06. The molecule has 2 heterocycles. The Morgan fingerprint density at radius 1 is 1.54 bits per heavy atom. The van der Waals surface area contributed by atoms with Gasteiger partial charge in [0.2, 0.25) is 0 Å². The van der Waals surface area contributed by atoms with E-state index in [9.17, 15) is 0 Å². The zero-order valence-corrected chi connectivity index (χ0v) is 7.61. The van der Waals surface area contributed by atoms with Crippen LogP contribution in [0.5, 0.6) is 0 Å². The lowest BCUT2D eigenvalue weighted by atomic mass is 10.5. The summed E-state index contributed by atoms with van der Waals surface area (Å²) >= 11 is 1.43. The molecule has 0 spiro atoms. The van der Waals surface area contributed by atoms with Crippen molar-refractivity contribution in [2.75, 3.05) is 0 Å². The summed E-state index contributed by atoms with van der Waals surface area (Å²) in [4.78, 5) is 1.12. The van der Waals surface area contributed by atoms with Crippen molar-refractivity contribution in [2.45, 2.75) is 13.2 Å². The predicted octanol–water partition coefficient (Wildman–Crippen LogP) is 0.275. The van der Waals surface area contributed by atoms with Gasteiger partial charge in [0, 0.05) is 11.1 Å². The van der Waals surface area contributed by atoms with Gasteiger partial charge in [0.25, 0.3) is 0 Å². The van der Waals surface area contributed by atoms with Crippen LogP contribution in [-0.2, 0) is 13.2 Å². The third-order valence-corrected chi connectivity index (χ3v) is 2.28. The van der Waals surface area contributed by atoms with Crippen molar-refractivity contribution < 1.29 is 5.11 Å². The van der Waals surface area contributed by atoms with Crippen LogP contribution in [0.25, 0.3) is 0 Å². The molecule has 1 N–H and O–H groups in total. The van der Waals surface area contributed by atoms with Gasteiger partial charge in [0.1, 0.15) is 5.69 Å². The number of aliphatic hydroxyl groups excluding tert-OH is 1. The molecule has 0 unspecified atom stereocenters. The second-order valence-corrected chi connectivity index (χ2v) is 3.46. The molecule has 2 rings (SSSR count). The molecule has 0 amide bonds. The van der Waals surface area contributed by atoms with Crippen LogP contribution in [0.1, 0.15) is 10.6 Å². The zero-order chi connectivity index (χ0) is 9.10. The quantitative estimate of drug-likeness (QED) is 0.765. The first kappa shape index (κ1) is 8.33. The Morgan fingerprint density at radius 2 is 2.46 bits per heavy atom. The van der Waals surface area contributed by atoms with Gasteiger partial charge in [-0.1, -0.05) is 5.21 Å². The van der Waals surface area contributed by atoms with Gasteiger partial charge in [-0.25, -0.2) is 9.06 Å². The van der Waals surface area contributed by atoms with E-state index in [1.54, 1.807) is 17.1 Å². The average molecular weight is 196 g/mol. The third-order valence-electron chi connectivity index (χ3n) is 1.56. The van der Waals surface area contributed by atoms with E-state index in [0.29, 0.717) is 12.2 Å². The second kappa shape index (κ2) is 3.63. The molecule has 0 saturated carbocycles. The van der Waals surface area contributed by atoms with E-state index in [-0.39, 0.29) is 6.61 Å². The highest BCUT2D eigenvalue weighted by Gasteiger charge is 2.00. The Kier molecular flexibility index (Phi) is 2.33. The number of hydrogen-bond donors (Lipinski definition) is 1. The molecule has 2 aromatic heterocycles. The largest absolute Gasteiger partial charge is 0.390 e. The Bertz CT molecular complexity index is 370. The van der Waals surface area contributed by atoms with E-state index in [1.165, 1.54) is 11.5 Å². The summed E-state index contributed by atoms with van der Waals surface area (Å²) < 4.78 is 5.66. The lowest BCUT2D eigenvalue weighted by molar-refractivity contribution is 0.276. The molecule has 13 heavy (non-hydrogen) atoms. The van der Waals surface area contributed by atoms with Crippen molar-refractivity contribution in [1.29, 1.82) is 0 Å². The molecule has 0 fully saturated rings. The van der Waals surface area contributed by atoms with Crippen molar-refractivity contribution in [3.8, 4) is 0 Å². The highest BCUT2D eigenvalue weighted by molar-refractivity contribution is 7.05. The summed E-state index contributed by atoms with van der Waals surface area (Å²) in [6.45, 7) is 0.598. The van der Waals surface area contributed by atoms with Gasteiger partial charge < -0.3 is 5.11 Å². The van der Waals surface area contributed by atoms with E-state index >= 15 is 0 Å². The standard InChI is InChI=1S/C7H8N4OS/c12-5-6-3-11(10-9-6)4-7-1-2-8-13-7/h1-3,12H,4-5H2. The first-order valence-corrected chi connectivity index (χ1v) is 4.55. The lowest BCUT2D eigenvalue weighted by Gasteiger charge is -1.93. The lowest BCUT2D eigenvalue weighted by Crippen LogP contribution is -1.98. The minimum atomic E-state index is -0.0668. The summed E-state index contributed by atoms with van der Waals surface area (Å²) in [5.74, 6) is 0. The molecule has 0 atom stereocenters. The van der Waals surface area contributed by atoms with E-state index in [2.05, 4.69) is 14.7 Å². The monoisotopic (exact) mass is 196 g/mol. The van der Waals surface area contributed by atoms with Gasteiger partial charge in [-0.3, -0.25) is 0 Å². The maximum absolute atomic E-state index is 8.75. The van der Waals surface area contributed by atoms with Crippen LogP contribution in [0, 0.1) is 0 Å². The molecule has 0 saturated heterocycles. The fourth-order valence-corrected chi connectivity index (χ4v) is 1.54. The van der Waals surface area contributed by atoms with Gasteiger partial charge in [-0.2, -0.15) is 0 Å². The van der Waals surface area contributed by atoms with Crippen LogP contribution < -0.4 is 0 Å².